The van der Waals surface area contributed by atoms with Gasteiger partial charge in [-0.1, -0.05) is 45.0 Å². The first-order chi connectivity index (χ1) is 14.8. The summed E-state index contributed by atoms with van der Waals surface area (Å²) in [5.41, 5.74) is 4.20. The second-order valence-electron chi connectivity index (χ2n) is 10.5. The zero-order valence-electron chi connectivity index (χ0n) is 19.0. The van der Waals surface area contributed by atoms with Crippen LogP contribution in [0, 0.1) is 5.41 Å². The molecule has 31 heavy (non-hydrogen) atoms. The molecule has 2 heterocycles. The first-order valence-corrected chi connectivity index (χ1v) is 11.7. The minimum atomic E-state index is -0.0720. The summed E-state index contributed by atoms with van der Waals surface area (Å²) in [4.78, 5) is 18.2. The van der Waals surface area contributed by atoms with Gasteiger partial charge < -0.3 is 10.0 Å². The lowest BCUT2D eigenvalue weighted by atomic mass is 9.51. The van der Waals surface area contributed by atoms with E-state index in [0.29, 0.717) is 12.2 Å². The third-order valence-corrected chi connectivity index (χ3v) is 8.69. The van der Waals surface area contributed by atoms with Crippen LogP contribution in [0.25, 0.3) is 0 Å². The minimum Gasteiger partial charge on any atom is -0.508 e. The van der Waals surface area contributed by atoms with E-state index in [1.807, 2.05) is 18.2 Å². The number of hydrogen-bond donors (Lipinski definition) is 1. The summed E-state index contributed by atoms with van der Waals surface area (Å²) >= 11 is 0. The minimum absolute atomic E-state index is 0.0552. The maximum absolute atomic E-state index is 13.6. The third kappa shape index (κ3) is 3.18. The van der Waals surface area contributed by atoms with Gasteiger partial charge >= 0.3 is 0 Å². The Morgan fingerprint density at radius 1 is 1.03 bits per heavy atom. The van der Waals surface area contributed by atoms with E-state index in [9.17, 15) is 9.90 Å². The fourth-order valence-electron chi connectivity index (χ4n) is 6.29. The molecule has 2 atom stereocenters. The fourth-order valence-corrected chi connectivity index (χ4v) is 6.29. The summed E-state index contributed by atoms with van der Waals surface area (Å²) in [5.74, 6) is 0.483. The Morgan fingerprint density at radius 3 is 2.45 bits per heavy atom. The molecular formula is C27H34N2O2. The quantitative estimate of drug-likeness (QED) is 0.783. The molecule has 2 saturated heterocycles. The monoisotopic (exact) mass is 418 g/mol. The van der Waals surface area contributed by atoms with Crippen LogP contribution in [0.5, 0.6) is 5.75 Å². The molecule has 2 aromatic carbocycles. The van der Waals surface area contributed by atoms with Crippen LogP contribution >= 0.6 is 0 Å². The molecule has 3 aliphatic rings. The molecule has 1 aliphatic carbocycles. The van der Waals surface area contributed by atoms with Gasteiger partial charge in [0.25, 0.3) is 5.91 Å². The topological polar surface area (TPSA) is 43.8 Å². The Balaban J connectivity index is 1.41. The number of carbonyl (C=O) groups is 1. The normalized spacial score (nSPS) is 27.2. The number of phenolic OH excluding ortho intramolecular Hbond substituents is 1. The summed E-state index contributed by atoms with van der Waals surface area (Å²) in [6.07, 6.45) is 4.20. The van der Waals surface area contributed by atoms with Crippen molar-refractivity contribution in [2.75, 3.05) is 19.6 Å². The molecule has 5 rings (SSSR count). The van der Waals surface area contributed by atoms with Crippen LogP contribution < -0.4 is 0 Å². The van der Waals surface area contributed by atoms with E-state index in [1.165, 1.54) is 37.1 Å². The number of fused-ring (bicyclic) bond motifs is 4. The molecular weight excluding hydrogens is 384 g/mol. The van der Waals surface area contributed by atoms with Crippen LogP contribution in [0.1, 0.15) is 67.1 Å². The predicted molar refractivity (Wildman–Crippen MR) is 123 cm³/mol. The van der Waals surface area contributed by atoms with Crippen LogP contribution in [0.3, 0.4) is 0 Å². The Bertz CT molecular complexity index is 991. The largest absolute Gasteiger partial charge is 0.508 e. The van der Waals surface area contributed by atoms with E-state index in [2.05, 4.69) is 48.8 Å². The molecule has 0 radical (unpaired) electrons. The number of likely N-dealkylation sites (tertiary alicyclic amines) is 2. The highest BCUT2D eigenvalue weighted by Crippen LogP contribution is 2.57. The van der Waals surface area contributed by atoms with Gasteiger partial charge in [0.15, 0.2) is 0 Å². The maximum atomic E-state index is 13.6. The maximum Gasteiger partial charge on any atom is 0.254 e. The number of piperidine rings is 1. The van der Waals surface area contributed by atoms with Crippen molar-refractivity contribution >= 4 is 5.91 Å². The second-order valence-corrected chi connectivity index (χ2v) is 10.5. The zero-order chi connectivity index (χ0) is 21.8. The van der Waals surface area contributed by atoms with E-state index in [-0.39, 0.29) is 22.8 Å². The SMILES string of the molecule is CC1(C)[C@H]2Cc3c(O)cccc3[C@]1(C)CCN2C(=O)c1ccc(CN2CCCC2)cc1. The highest BCUT2D eigenvalue weighted by Gasteiger charge is 2.57. The molecule has 164 valence electrons. The summed E-state index contributed by atoms with van der Waals surface area (Å²) < 4.78 is 0. The van der Waals surface area contributed by atoms with E-state index in [4.69, 9.17) is 0 Å². The van der Waals surface area contributed by atoms with Gasteiger partial charge in [-0.25, -0.2) is 0 Å². The number of benzene rings is 2. The van der Waals surface area contributed by atoms with Gasteiger partial charge in [-0.3, -0.25) is 9.69 Å². The van der Waals surface area contributed by atoms with Crippen molar-refractivity contribution in [1.82, 2.24) is 9.80 Å². The Morgan fingerprint density at radius 2 is 1.74 bits per heavy atom. The fraction of sp³-hybridized carbons (Fsp3) is 0.519. The Kier molecular flexibility index (Phi) is 4.89. The van der Waals surface area contributed by atoms with Gasteiger partial charge in [-0.2, -0.15) is 0 Å². The lowest BCUT2D eigenvalue weighted by molar-refractivity contribution is -0.0266. The summed E-state index contributed by atoms with van der Waals surface area (Å²) in [5, 5.41) is 10.6. The van der Waals surface area contributed by atoms with E-state index < -0.39 is 0 Å². The Labute approximate surface area is 185 Å². The number of hydrogen-bond acceptors (Lipinski definition) is 3. The summed E-state index contributed by atoms with van der Waals surface area (Å²) in [7, 11) is 0. The second kappa shape index (κ2) is 7.37. The average Bonchev–Trinajstić information content (AvgIpc) is 3.24. The summed E-state index contributed by atoms with van der Waals surface area (Å²) in [6, 6.07) is 14.2. The molecule has 2 bridgehead atoms. The molecule has 0 saturated carbocycles. The van der Waals surface area contributed by atoms with Crippen LogP contribution in [-0.4, -0.2) is 46.5 Å². The number of carbonyl (C=O) groups excluding carboxylic acids is 1. The molecule has 4 heteroatoms. The predicted octanol–water partition coefficient (Wildman–Crippen LogP) is 4.74. The Hall–Kier alpha value is -2.33. The molecule has 0 spiro atoms. The van der Waals surface area contributed by atoms with Crippen molar-refractivity contribution < 1.29 is 9.90 Å². The van der Waals surface area contributed by atoms with E-state index in [0.717, 1.165) is 30.6 Å². The smallest absolute Gasteiger partial charge is 0.254 e. The van der Waals surface area contributed by atoms with Crippen molar-refractivity contribution in [1.29, 1.82) is 0 Å². The van der Waals surface area contributed by atoms with Crippen molar-refractivity contribution in [3.05, 3.63) is 64.7 Å². The third-order valence-electron chi connectivity index (χ3n) is 8.69. The van der Waals surface area contributed by atoms with E-state index >= 15 is 0 Å². The van der Waals surface area contributed by atoms with Crippen molar-refractivity contribution in [3.63, 3.8) is 0 Å². The number of phenols is 1. The van der Waals surface area contributed by atoms with Crippen LogP contribution in [-0.2, 0) is 18.4 Å². The van der Waals surface area contributed by atoms with Crippen LogP contribution in [0.2, 0.25) is 0 Å². The molecule has 1 N–H and O–H groups in total. The highest BCUT2D eigenvalue weighted by molar-refractivity contribution is 5.94. The van der Waals surface area contributed by atoms with E-state index in [1.54, 1.807) is 6.07 Å². The van der Waals surface area contributed by atoms with Crippen LogP contribution in [0.4, 0.5) is 0 Å². The first kappa shape index (κ1) is 20.6. The summed E-state index contributed by atoms with van der Waals surface area (Å²) in [6.45, 7) is 11.0. The van der Waals surface area contributed by atoms with Gasteiger partial charge in [0.05, 0.1) is 0 Å². The number of amides is 1. The molecule has 2 aromatic rings. The first-order valence-electron chi connectivity index (χ1n) is 11.7. The van der Waals surface area contributed by atoms with Crippen molar-refractivity contribution in [3.8, 4) is 5.75 Å². The molecule has 0 unspecified atom stereocenters. The molecule has 1 amide bonds. The number of nitrogens with zero attached hydrogens (tertiary/aromatic N) is 2. The van der Waals surface area contributed by atoms with Crippen LogP contribution in [0.15, 0.2) is 42.5 Å². The highest BCUT2D eigenvalue weighted by atomic mass is 16.3. The molecule has 4 nitrogen and oxygen atoms in total. The lowest BCUT2D eigenvalue weighted by Crippen LogP contribution is -2.64. The molecule has 2 fully saturated rings. The number of rotatable bonds is 3. The number of aromatic hydroxyl groups is 1. The van der Waals surface area contributed by atoms with Gasteiger partial charge in [0, 0.05) is 30.1 Å². The molecule has 2 aliphatic heterocycles. The average molecular weight is 419 g/mol. The standard InChI is InChI=1S/C27H34N2O2/c1-26(2)24-17-21-22(7-6-8-23(21)30)27(26,3)13-16-29(24)25(31)20-11-9-19(10-12-20)18-28-14-4-5-15-28/h6-12,24,30H,4-5,13-18H2,1-3H3/t24-,27+/m1/s1. The zero-order valence-corrected chi connectivity index (χ0v) is 19.0. The molecule has 0 aromatic heterocycles. The van der Waals surface area contributed by atoms with Gasteiger partial charge in [0.1, 0.15) is 5.75 Å². The van der Waals surface area contributed by atoms with Gasteiger partial charge in [-0.05, 0) is 79.1 Å². The van der Waals surface area contributed by atoms with Crippen molar-refractivity contribution in [2.45, 2.75) is 64.5 Å². The lowest BCUT2D eigenvalue weighted by Gasteiger charge is -2.60. The van der Waals surface area contributed by atoms with Crippen molar-refractivity contribution in [2.24, 2.45) is 5.41 Å². The van der Waals surface area contributed by atoms with Gasteiger partial charge in [-0.15, -0.1) is 0 Å². The van der Waals surface area contributed by atoms with Gasteiger partial charge in [0.2, 0.25) is 0 Å².